The summed E-state index contributed by atoms with van der Waals surface area (Å²) in [5.74, 6) is -0.217. The molecule has 1 N–H and O–H groups in total. The molecule has 0 saturated heterocycles. The van der Waals surface area contributed by atoms with Crippen LogP contribution < -0.4 is 5.32 Å². The van der Waals surface area contributed by atoms with Crippen molar-refractivity contribution in [3.8, 4) is 0 Å². The molecule has 0 unspecified atom stereocenters. The monoisotopic (exact) mass is 380 g/mol. The smallest absolute Gasteiger partial charge is 0.259 e. The van der Waals surface area contributed by atoms with Gasteiger partial charge in [0.25, 0.3) is 5.91 Å². The maximum atomic E-state index is 12.2. The fourth-order valence-corrected chi connectivity index (χ4v) is 2.80. The molecule has 8 heteroatoms. The summed E-state index contributed by atoms with van der Waals surface area (Å²) in [6.45, 7) is 0.491. The maximum absolute atomic E-state index is 12.2. The van der Waals surface area contributed by atoms with E-state index in [2.05, 4.69) is 15.4 Å². The third kappa shape index (κ3) is 4.06. The highest BCUT2D eigenvalue weighted by Crippen LogP contribution is 2.21. The van der Waals surface area contributed by atoms with Gasteiger partial charge in [-0.2, -0.15) is 0 Å². The normalized spacial score (nSPS) is 10.6. The van der Waals surface area contributed by atoms with Crippen LogP contribution in [0.5, 0.6) is 0 Å². The first-order valence-corrected chi connectivity index (χ1v) is 8.05. The SMILES string of the molecule is O=C(Nc1ncn(Cc2cccc(Cl)c2)n1)c1ccc(Cl)cc1Cl. The quantitative estimate of drug-likeness (QED) is 0.722. The first-order chi connectivity index (χ1) is 11.5. The number of nitrogens with one attached hydrogen (secondary N) is 1. The minimum atomic E-state index is -0.405. The lowest BCUT2D eigenvalue weighted by molar-refractivity contribution is 0.102. The van der Waals surface area contributed by atoms with Gasteiger partial charge in [-0.15, -0.1) is 5.10 Å². The van der Waals surface area contributed by atoms with E-state index in [4.69, 9.17) is 34.8 Å². The van der Waals surface area contributed by atoms with E-state index >= 15 is 0 Å². The lowest BCUT2D eigenvalue weighted by Crippen LogP contribution is -2.14. The van der Waals surface area contributed by atoms with Gasteiger partial charge < -0.3 is 0 Å². The fraction of sp³-hybridized carbons (Fsp3) is 0.0625. The molecule has 0 radical (unpaired) electrons. The van der Waals surface area contributed by atoms with Gasteiger partial charge in [-0.3, -0.25) is 10.1 Å². The second-order valence-corrected chi connectivity index (χ2v) is 6.25. The summed E-state index contributed by atoms with van der Waals surface area (Å²) in [5.41, 5.74) is 1.28. The molecule has 0 aliphatic carbocycles. The number of nitrogens with zero attached hydrogens (tertiary/aromatic N) is 3. The largest absolute Gasteiger partial charge is 0.289 e. The van der Waals surface area contributed by atoms with Crippen molar-refractivity contribution >= 4 is 46.7 Å². The van der Waals surface area contributed by atoms with E-state index in [-0.39, 0.29) is 11.0 Å². The third-order valence-electron chi connectivity index (χ3n) is 3.17. The molecule has 1 heterocycles. The summed E-state index contributed by atoms with van der Waals surface area (Å²) in [4.78, 5) is 16.3. The molecule has 0 bridgehead atoms. The number of halogens is 3. The molecule has 0 aliphatic rings. The van der Waals surface area contributed by atoms with Crippen LogP contribution in [0.3, 0.4) is 0 Å². The highest BCUT2D eigenvalue weighted by molar-refractivity contribution is 6.37. The summed E-state index contributed by atoms with van der Waals surface area (Å²) in [6, 6.07) is 12.1. The number of carbonyl (C=O) groups is 1. The molecule has 2 aromatic carbocycles. The molecular weight excluding hydrogens is 371 g/mol. The minimum absolute atomic E-state index is 0.188. The Hall–Kier alpha value is -2.08. The van der Waals surface area contributed by atoms with Crippen LogP contribution in [0, 0.1) is 0 Å². The van der Waals surface area contributed by atoms with Crippen molar-refractivity contribution in [3.63, 3.8) is 0 Å². The number of carbonyl (C=O) groups excluding carboxylic acids is 1. The van der Waals surface area contributed by atoms with Crippen LogP contribution in [0.2, 0.25) is 15.1 Å². The standard InChI is InChI=1S/C16H11Cl3N4O/c17-11-3-1-2-10(6-11)8-23-9-20-16(22-23)21-15(24)13-5-4-12(18)7-14(13)19/h1-7,9H,8H2,(H,21,22,24). The van der Waals surface area contributed by atoms with Gasteiger partial charge in [-0.1, -0.05) is 46.9 Å². The second-order valence-electron chi connectivity index (χ2n) is 4.97. The number of hydrogen-bond donors (Lipinski definition) is 1. The Bertz CT molecular complexity index is 895. The first-order valence-electron chi connectivity index (χ1n) is 6.91. The molecule has 3 rings (SSSR count). The van der Waals surface area contributed by atoms with E-state index in [0.29, 0.717) is 22.2 Å². The van der Waals surface area contributed by atoms with Crippen molar-refractivity contribution in [3.05, 3.63) is 75.0 Å². The van der Waals surface area contributed by atoms with Crippen LogP contribution in [-0.4, -0.2) is 20.7 Å². The lowest BCUT2D eigenvalue weighted by atomic mass is 10.2. The molecule has 0 aliphatic heterocycles. The molecule has 1 aromatic heterocycles. The van der Waals surface area contributed by atoms with Crippen LogP contribution in [0.15, 0.2) is 48.8 Å². The molecule has 0 fully saturated rings. The Kier molecular flexibility index (Phi) is 5.04. The summed E-state index contributed by atoms with van der Waals surface area (Å²) in [6.07, 6.45) is 1.53. The number of hydrogen-bond acceptors (Lipinski definition) is 3. The number of benzene rings is 2. The fourth-order valence-electron chi connectivity index (χ4n) is 2.09. The average Bonchev–Trinajstić information content (AvgIpc) is 2.94. The van der Waals surface area contributed by atoms with Crippen molar-refractivity contribution in [2.24, 2.45) is 0 Å². The average molecular weight is 382 g/mol. The van der Waals surface area contributed by atoms with Crippen molar-refractivity contribution in [2.75, 3.05) is 5.32 Å². The molecule has 122 valence electrons. The predicted octanol–water partition coefficient (Wildman–Crippen LogP) is 4.54. The van der Waals surface area contributed by atoms with Crippen LogP contribution in [-0.2, 0) is 6.54 Å². The lowest BCUT2D eigenvalue weighted by Gasteiger charge is -2.04. The Morgan fingerprint density at radius 1 is 1.08 bits per heavy atom. The number of rotatable bonds is 4. The van der Waals surface area contributed by atoms with Crippen LogP contribution in [0.4, 0.5) is 5.95 Å². The minimum Gasteiger partial charge on any atom is -0.289 e. The molecule has 0 saturated carbocycles. The van der Waals surface area contributed by atoms with Crippen molar-refractivity contribution in [1.29, 1.82) is 0 Å². The van der Waals surface area contributed by atoms with Gasteiger partial charge in [-0.05, 0) is 35.9 Å². The second kappa shape index (κ2) is 7.21. The van der Waals surface area contributed by atoms with Gasteiger partial charge in [0.2, 0.25) is 5.95 Å². The Labute approximate surface area is 153 Å². The number of amides is 1. The zero-order valence-corrected chi connectivity index (χ0v) is 14.5. The van der Waals surface area contributed by atoms with E-state index in [1.54, 1.807) is 22.9 Å². The summed E-state index contributed by atoms with van der Waals surface area (Å²) >= 11 is 17.8. The Morgan fingerprint density at radius 3 is 2.62 bits per heavy atom. The van der Waals surface area contributed by atoms with Gasteiger partial charge >= 0.3 is 0 Å². The molecule has 5 nitrogen and oxygen atoms in total. The Morgan fingerprint density at radius 2 is 1.88 bits per heavy atom. The molecule has 1 amide bonds. The van der Waals surface area contributed by atoms with E-state index in [1.807, 2.05) is 18.2 Å². The van der Waals surface area contributed by atoms with Crippen molar-refractivity contribution in [1.82, 2.24) is 14.8 Å². The van der Waals surface area contributed by atoms with Crippen LogP contribution in [0.25, 0.3) is 0 Å². The summed E-state index contributed by atoms with van der Waals surface area (Å²) in [7, 11) is 0. The zero-order valence-electron chi connectivity index (χ0n) is 12.2. The van der Waals surface area contributed by atoms with Gasteiger partial charge in [-0.25, -0.2) is 9.67 Å². The summed E-state index contributed by atoms with van der Waals surface area (Å²) in [5, 5.41) is 8.18. The topological polar surface area (TPSA) is 59.8 Å². The third-order valence-corrected chi connectivity index (χ3v) is 3.95. The van der Waals surface area contributed by atoms with Gasteiger partial charge in [0, 0.05) is 10.0 Å². The zero-order chi connectivity index (χ0) is 17.1. The number of aromatic nitrogens is 3. The highest BCUT2D eigenvalue weighted by atomic mass is 35.5. The van der Waals surface area contributed by atoms with E-state index in [9.17, 15) is 4.79 Å². The van der Waals surface area contributed by atoms with E-state index in [1.165, 1.54) is 12.4 Å². The van der Waals surface area contributed by atoms with Crippen molar-refractivity contribution < 1.29 is 4.79 Å². The number of anilines is 1. The van der Waals surface area contributed by atoms with Crippen LogP contribution in [0.1, 0.15) is 15.9 Å². The van der Waals surface area contributed by atoms with Gasteiger partial charge in [0.15, 0.2) is 0 Å². The van der Waals surface area contributed by atoms with Crippen molar-refractivity contribution in [2.45, 2.75) is 6.54 Å². The maximum Gasteiger partial charge on any atom is 0.259 e. The molecule has 0 atom stereocenters. The molecule has 24 heavy (non-hydrogen) atoms. The molecule has 0 spiro atoms. The van der Waals surface area contributed by atoms with E-state index in [0.717, 1.165) is 5.56 Å². The molecular formula is C16H11Cl3N4O. The van der Waals surface area contributed by atoms with Gasteiger partial charge in [0.1, 0.15) is 6.33 Å². The Balaban J connectivity index is 1.70. The summed E-state index contributed by atoms with van der Waals surface area (Å²) < 4.78 is 1.60. The highest BCUT2D eigenvalue weighted by Gasteiger charge is 2.13. The van der Waals surface area contributed by atoms with E-state index < -0.39 is 5.91 Å². The molecule has 3 aromatic rings. The van der Waals surface area contributed by atoms with Crippen LogP contribution >= 0.6 is 34.8 Å². The first kappa shape index (κ1) is 16.8. The van der Waals surface area contributed by atoms with Gasteiger partial charge in [0.05, 0.1) is 17.1 Å². The predicted molar refractivity (Wildman–Crippen MR) is 95.0 cm³/mol.